The lowest BCUT2D eigenvalue weighted by molar-refractivity contribution is 0.244. The lowest BCUT2D eigenvalue weighted by Crippen LogP contribution is -2.37. The molecule has 2 atom stereocenters. The standard InChI is InChI=1S/C18H29NO/c1-18(2,3)17(19-4)11-7-8-14-12-13-20-16-10-6-5-9-15(14)16/h5-6,9-10,14,17,19H,7-8,11-13H2,1-4H3. The number of hydrogen-bond donors (Lipinski definition) is 1. The molecule has 0 spiro atoms. The number of ether oxygens (including phenoxy) is 1. The Morgan fingerprint density at radius 1 is 1.30 bits per heavy atom. The van der Waals surface area contributed by atoms with Gasteiger partial charge in [-0.3, -0.25) is 0 Å². The number of benzene rings is 1. The van der Waals surface area contributed by atoms with Gasteiger partial charge in [0.1, 0.15) is 5.75 Å². The van der Waals surface area contributed by atoms with Gasteiger partial charge >= 0.3 is 0 Å². The van der Waals surface area contributed by atoms with Crippen LogP contribution in [0.25, 0.3) is 0 Å². The van der Waals surface area contributed by atoms with E-state index in [0.717, 1.165) is 18.8 Å². The molecule has 1 heterocycles. The minimum atomic E-state index is 0.336. The minimum Gasteiger partial charge on any atom is -0.493 e. The van der Waals surface area contributed by atoms with Gasteiger partial charge in [0.15, 0.2) is 0 Å². The largest absolute Gasteiger partial charge is 0.493 e. The van der Waals surface area contributed by atoms with E-state index >= 15 is 0 Å². The molecular weight excluding hydrogens is 246 g/mol. The van der Waals surface area contributed by atoms with Crippen LogP contribution in [0.5, 0.6) is 5.75 Å². The zero-order valence-electron chi connectivity index (χ0n) is 13.4. The summed E-state index contributed by atoms with van der Waals surface area (Å²) in [6.07, 6.45) is 4.96. The van der Waals surface area contributed by atoms with Crippen LogP contribution >= 0.6 is 0 Å². The molecule has 20 heavy (non-hydrogen) atoms. The summed E-state index contributed by atoms with van der Waals surface area (Å²) in [5.74, 6) is 1.78. The van der Waals surface area contributed by atoms with E-state index in [4.69, 9.17) is 4.74 Å². The summed E-state index contributed by atoms with van der Waals surface area (Å²) in [7, 11) is 2.08. The van der Waals surface area contributed by atoms with Crippen molar-refractivity contribution in [1.82, 2.24) is 5.32 Å². The van der Waals surface area contributed by atoms with Gasteiger partial charge in [0.05, 0.1) is 6.61 Å². The van der Waals surface area contributed by atoms with Gasteiger partial charge in [0, 0.05) is 6.04 Å². The Balaban J connectivity index is 1.89. The van der Waals surface area contributed by atoms with Crippen molar-refractivity contribution in [2.24, 2.45) is 5.41 Å². The van der Waals surface area contributed by atoms with Crippen molar-refractivity contribution in [3.05, 3.63) is 29.8 Å². The molecule has 0 bridgehead atoms. The quantitative estimate of drug-likeness (QED) is 0.862. The molecule has 1 aliphatic rings. The summed E-state index contributed by atoms with van der Waals surface area (Å²) in [6.45, 7) is 7.82. The maximum atomic E-state index is 5.74. The first-order valence-corrected chi connectivity index (χ1v) is 7.91. The van der Waals surface area contributed by atoms with Gasteiger partial charge < -0.3 is 10.1 Å². The van der Waals surface area contributed by atoms with Gasteiger partial charge in [0.2, 0.25) is 0 Å². The summed E-state index contributed by atoms with van der Waals surface area (Å²) in [5.41, 5.74) is 1.75. The Labute approximate surface area is 123 Å². The normalized spacial score (nSPS) is 20.1. The summed E-state index contributed by atoms with van der Waals surface area (Å²) in [5, 5.41) is 3.47. The van der Waals surface area contributed by atoms with E-state index in [0.29, 0.717) is 17.4 Å². The monoisotopic (exact) mass is 275 g/mol. The summed E-state index contributed by atoms with van der Waals surface area (Å²) >= 11 is 0. The second-order valence-corrected chi connectivity index (χ2v) is 7.01. The Morgan fingerprint density at radius 3 is 2.75 bits per heavy atom. The molecule has 2 nitrogen and oxygen atoms in total. The number of nitrogens with one attached hydrogen (secondary N) is 1. The zero-order chi connectivity index (χ0) is 14.6. The fourth-order valence-electron chi connectivity index (χ4n) is 3.29. The summed E-state index contributed by atoms with van der Waals surface area (Å²) in [6, 6.07) is 9.13. The van der Waals surface area contributed by atoms with Gasteiger partial charge in [0.25, 0.3) is 0 Å². The van der Waals surface area contributed by atoms with Crippen LogP contribution in [-0.2, 0) is 0 Å². The first-order valence-electron chi connectivity index (χ1n) is 7.91. The van der Waals surface area contributed by atoms with Crippen molar-refractivity contribution in [1.29, 1.82) is 0 Å². The molecule has 1 aromatic carbocycles. The van der Waals surface area contributed by atoms with E-state index < -0.39 is 0 Å². The third-order valence-corrected chi connectivity index (χ3v) is 4.52. The summed E-state index contributed by atoms with van der Waals surface area (Å²) in [4.78, 5) is 0. The lowest BCUT2D eigenvalue weighted by Gasteiger charge is -2.31. The third-order valence-electron chi connectivity index (χ3n) is 4.52. The van der Waals surface area contributed by atoms with Crippen LogP contribution in [0.3, 0.4) is 0 Å². The van der Waals surface area contributed by atoms with Gasteiger partial charge in [-0.1, -0.05) is 45.4 Å². The van der Waals surface area contributed by atoms with Crippen LogP contribution in [0.1, 0.15) is 57.9 Å². The van der Waals surface area contributed by atoms with E-state index in [1.54, 1.807) is 0 Å². The minimum absolute atomic E-state index is 0.336. The molecule has 0 aliphatic carbocycles. The van der Waals surface area contributed by atoms with Crippen molar-refractivity contribution >= 4 is 0 Å². The predicted molar refractivity (Wildman–Crippen MR) is 85.4 cm³/mol. The van der Waals surface area contributed by atoms with E-state index in [9.17, 15) is 0 Å². The van der Waals surface area contributed by atoms with Gasteiger partial charge in [-0.05, 0) is 49.3 Å². The number of rotatable bonds is 5. The van der Waals surface area contributed by atoms with Crippen LogP contribution in [0, 0.1) is 5.41 Å². The molecule has 1 N–H and O–H groups in total. The second kappa shape index (κ2) is 6.62. The van der Waals surface area contributed by atoms with Crippen LogP contribution in [0.15, 0.2) is 24.3 Å². The van der Waals surface area contributed by atoms with Crippen LogP contribution in [0.4, 0.5) is 0 Å². The Morgan fingerprint density at radius 2 is 2.05 bits per heavy atom. The molecule has 0 aromatic heterocycles. The second-order valence-electron chi connectivity index (χ2n) is 7.01. The first kappa shape index (κ1) is 15.4. The SMILES string of the molecule is CNC(CCCC1CCOc2ccccc21)C(C)(C)C. The van der Waals surface area contributed by atoms with Crippen LogP contribution in [0.2, 0.25) is 0 Å². The van der Waals surface area contributed by atoms with Crippen molar-refractivity contribution in [2.75, 3.05) is 13.7 Å². The van der Waals surface area contributed by atoms with Crippen LogP contribution < -0.4 is 10.1 Å². The molecule has 0 fully saturated rings. The summed E-state index contributed by atoms with van der Waals surface area (Å²) < 4.78 is 5.74. The number of fused-ring (bicyclic) bond motifs is 1. The predicted octanol–water partition coefficient (Wildman–Crippen LogP) is 4.36. The third kappa shape index (κ3) is 3.76. The highest BCUT2D eigenvalue weighted by atomic mass is 16.5. The lowest BCUT2D eigenvalue weighted by atomic mass is 9.82. The average Bonchev–Trinajstić information content (AvgIpc) is 2.42. The molecule has 1 aliphatic heterocycles. The average molecular weight is 275 g/mol. The molecule has 2 rings (SSSR count). The first-order chi connectivity index (χ1) is 9.52. The molecule has 0 amide bonds. The van der Waals surface area contributed by atoms with Gasteiger partial charge in [-0.2, -0.15) is 0 Å². The Kier molecular flexibility index (Phi) is 5.09. The maximum absolute atomic E-state index is 5.74. The number of hydrogen-bond acceptors (Lipinski definition) is 2. The molecular formula is C18H29NO. The molecule has 1 aromatic rings. The van der Waals surface area contributed by atoms with E-state index in [1.165, 1.54) is 24.8 Å². The molecule has 0 radical (unpaired) electrons. The fraction of sp³-hybridized carbons (Fsp3) is 0.667. The van der Waals surface area contributed by atoms with Crippen molar-refractivity contribution in [3.8, 4) is 5.75 Å². The highest BCUT2D eigenvalue weighted by Gasteiger charge is 2.24. The Hall–Kier alpha value is -1.02. The highest BCUT2D eigenvalue weighted by molar-refractivity contribution is 5.37. The van der Waals surface area contributed by atoms with Gasteiger partial charge in [-0.15, -0.1) is 0 Å². The van der Waals surface area contributed by atoms with E-state index in [1.807, 2.05) is 0 Å². The van der Waals surface area contributed by atoms with Crippen molar-refractivity contribution in [2.45, 2.75) is 58.4 Å². The van der Waals surface area contributed by atoms with E-state index in [-0.39, 0.29) is 0 Å². The topological polar surface area (TPSA) is 21.3 Å². The molecule has 0 saturated heterocycles. The fourth-order valence-corrected chi connectivity index (χ4v) is 3.29. The van der Waals surface area contributed by atoms with Gasteiger partial charge in [-0.25, -0.2) is 0 Å². The van der Waals surface area contributed by atoms with Crippen molar-refractivity contribution in [3.63, 3.8) is 0 Å². The number of para-hydroxylation sites is 1. The van der Waals surface area contributed by atoms with E-state index in [2.05, 4.69) is 57.4 Å². The molecule has 0 saturated carbocycles. The van der Waals surface area contributed by atoms with Crippen molar-refractivity contribution < 1.29 is 4.74 Å². The molecule has 112 valence electrons. The molecule has 2 unspecified atom stereocenters. The molecule has 2 heteroatoms. The maximum Gasteiger partial charge on any atom is 0.122 e. The smallest absolute Gasteiger partial charge is 0.122 e. The Bertz CT molecular complexity index is 422. The highest BCUT2D eigenvalue weighted by Crippen LogP contribution is 2.37. The zero-order valence-corrected chi connectivity index (χ0v) is 13.4. The van der Waals surface area contributed by atoms with Crippen LogP contribution in [-0.4, -0.2) is 19.7 Å².